The largest absolute Gasteiger partial charge is 0.314 e. The molecule has 0 atom stereocenters. The van der Waals surface area contributed by atoms with Crippen molar-refractivity contribution in [2.24, 2.45) is 12.5 Å². The summed E-state index contributed by atoms with van der Waals surface area (Å²) in [7, 11) is 1.90. The van der Waals surface area contributed by atoms with Crippen LogP contribution in [0.4, 0.5) is 0 Å². The van der Waals surface area contributed by atoms with E-state index in [0.29, 0.717) is 0 Å². The van der Waals surface area contributed by atoms with E-state index in [9.17, 15) is 0 Å². The summed E-state index contributed by atoms with van der Waals surface area (Å²) in [6.45, 7) is 7.77. The average molecular weight is 270 g/mol. The molecule has 0 aromatic carbocycles. The van der Waals surface area contributed by atoms with Crippen LogP contribution in [0.2, 0.25) is 5.15 Å². The van der Waals surface area contributed by atoms with Gasteiger partial charge in [0, 0.05) is 18.7 Å². The lowest BCUT2D eigenvalue weighted by Crippen LogP contribution is -2.25. The molecule has 1 aliphatic rings. The van der Waals surface area contributed by atoms with Crippen LogP contribution in [0.3, 0.4) is 0 Å². The monoisotopic (exact) mass is 269 g/mol. The van der Waals surface area contributed by atoms with Crippen LogP contribution >= 0.6 is 11.6 Å². The smallest absolute Gasteiger partial charge is 0.130 e. The molecule has 3 nitrogen and oxygen atoms in total. The van der Waals surface area contributed by atoms with E-state index in [2.05, 4.69) is 24.3 Å². The minimum atomic E-state index is 0.263. The summed E-state index contributed by atoms with van der Waals surface area (Å²) in [6.07, 6.45) is 4.88. The van der Waals surface area contributed by atoms with Gasteiger partial charge in [0.05, 0.1) is 5.69 Å². The lowest BCUT2D eigenvalue weighted by atomic mass is 9.83. The van der Waals surface area contributed by atoms with Gasteiger partial charge in [-0.15, -0.1) is 0 Å². The molecule has 1 aromatic rings. The summed E-state index contributed by atoms with van der Waals surface area (Å²) >= 11 is 6.30. The van der Waals surface area contributed by atoms with E-state index in [0.717, 1.165) is 29.9 Å². The van der Waals surface area contributed by atoms with Gasteiger partial charge >= 0.3 is 0 Å². The van der Waals surface area contributed by atoms with E-state index in [1.807, 2.05) is 14.0 Å². The van der Waals surface area contributed by atoms with E-state index in [1.54, 1.807) is 4.68 Å². The molecule has 18 heavy (non-hydrogen) atoms. The van der Waals surface area contributed by atoms with Gasteiger partial charge < -0.3 is 5.32 Å². The Labute approximate surface area is 115 Å². The molecule has 0 amide bonds. The SMILES string of the molecule is Cc1nn(C)c(Cl)c1CC(C)(C)CCNC1CC1. The molecule has 4 heteroatoms. The van der Waals surface area contributed by atoms with Crippen molar-refractivity contribution >= 4 is 11.6 Å². The number of hydrogen-bond donors (Lipinski definition) is 1. The summed E-state index contributed by atoms with van der Waals surface area (Å²) in [5.41, 5.74) is 2.53. The highest BCUT2D eigenvalue weighted by atomic mass is 35.5. The molecule has 0 bridgehead atoms. The second-order valence-corrected chi connectivity index (χ2v) is 6.66. The molecule has 0 unspecified atom stereocenters. The van der Waals surface area contributed by atoms with Crippen molar-refractivity contribution in [2.75, 3.05) is 6.54 Å². The van der Waals surface area contributed by atoms with Crippen LogP contribution in [0.5, 0.6) is 0 Å². The highest BCUT2D eigenvalue weighted by Gasteiger charge is 2.25. The van der Waals surface area contributed by atoms with Crippen molar-refractivity contribution in [1.29, 1.82) is 0 Å². The first-order valence-corrected chi connectivity index (χ1v) is 7.18. The van der Waals surface area contributed by atoms with Crippen molar-refractivity contribution < 1.29 is 0 Å². The minimum Gasteiger partial charge on any atom is -0.314 e. The molecule has 1 N–H and O–H groups in total. The van der Waals surface area contributed by atoms with Gasteiger partial charge in [-0.1, -0.05) is 25.4 Å². The number of rotatable bonds is 6. The van der Waals surface area contributed by atoms with Gasteiger partial charge in [0.15, 0.2) is 0 Å². The maximum absolute atomic E-state index is 6.30. The highest BCUT2D eigenvalue weighted by Crippen LogP contribution is 2.31. The Bertz CT molecular complexity index is 419. The molecule has 0 aliphatic heterocycles. The first-order chi connectivity index (χ1) is 8.39. The number of halogens is 1. The van der Waals surface area contributed by atoms with Gasteiger partial charge in [0.2, 0.25) is 0 Å². The predicted octanol–water partition coefficient (Wildman–Crippen LogP) is 3.09. The third-order valence-electron chi connectivity index (χ3n) is 3.74. The molecule has 102 valence electrons. The molecule has 0 spiro atoms. The Morgan fingerprint density at radius 3 is 2.61 bits per heavy atom. The van der Waals surface area contributed by atoms with E-state index < -0.39 is 0 Å². The zero-order chi connectivity index (χ0) is 13.3. The molecular weight excluding hydrogens is 246 g/mol. The third-order valence-corrected chi connectivity index (χ3v) is 4.21. The van der Waals surface area contributed by atoms with Gasteiger partial charge in [0.1, 0.15) is 5.15 Å². The van der Waals surface area contributed by atoms with Crippen LogP contribution in [-0.2, 0) is 13.5 Å². The molecule has 1 fully saturated rings. The van der Waals surface area contributed by atoms with E-state index in [4.69, 9.17) is 11.6 Å². The van der Waals surface area contributed by atoms with Crippen molar-refractivity contribution in [3.05, 3.63) is 16.4 Å². The topological polar surface area (TPSA) is 29.9 Å². The Balaban J connectivity index is 1.92. The second kappa shape index (κ2) is 5.22. The first-order valence-electron chi connectivity index (χ1n) is 6.80. The Kier molecular flexibility index (Phi) is 4.02. The van der Waals surface area contributed by atoms with Crippen molar-refractivity contribution in [1.82, 2.24) is 15.1 Å². The Morgan fingerprint density at radius 2 is 2.11 bits per heavy atom. The van der Waals surface area contributed by atoms with Crippen molar-refractivity contribution in [3.63, 3.8) is 0 Å². The van der Waals surface area contributed by atoms with Crippen LogP contribution in [0.25, 0.3) is 0 Å². The van der Waals surface area contributed by atoms with E-state index in [-0.39, 0.29) is 5.41 Å². The minimum absolute atomic E-state index is 0.263. The van der Waals surface area contributed by atoms with Gasteiger partial charge in [-0.3, -0.25) is 4.68 Å². The highest BCUT2D eigenvalue weighted by molar-refractivity contribution is 6.30. The lowest BCUT2D eigenvalue weighted by Gasteiger charge is -2.25. The van der Waals surface area contributed by atoms with Crippen molar-refractivity contribution in [2.45, 2.75) is 52.5 Å². The molecule has 0 radical (unpaired) electrons. The molecule has 0 saturated heterocycles. The van der Waals surface area contributed by atoms with E-state index >= 15 is 0 Å². The van der Waals surface area contributed by atoms with Crippen LogP contribution in [-0.4, -0.2) is 22.4 Å². The number of aryl methyl sites for hydroxylation is 2. The molecule has 1 aliphatic carbocycles. The number of hydrogen-bond acceptors (Lipinski definition) is 2. The van der Waals surface area contributed by atoms with E-state index in [1.165, 1.54) is 24.8 Å². The third kappa shape index (κ3) is 3.48. The molecule has 1 heterocycles. The van der Waals surface area contributed by atoms with Crippen LogP contribution in [0.15, 0.2) is 0 Å². The average Bonchev–Trinajstić information content (AvgIpc) is 3.04. The molecular formula is C14H24ClN3. The maximum atomic E-state index is 6.30. The number of aromatic nitrogens is 2. The van der Waals surface area contributed by atoms with Gasteiger partial charge in [-0.05, 0) is 44.6 Å². The zero-order valence-electron chi connectivity index (χ0n) is 11.9. The summed E-state index contributed by atoms with van der Waals surface area (Å²) in [6, 6.07) is 0.796. The standard InChI is InChI=1S/C14H24ClN3/c1-10-12(13(15)18(4)17-10)9-14(2,3)7-8-16-11-5-6-11/h11,16H,5-9H2,1-4H3. The van der Waals surface area contributed by atoms with Crippen LogP contribution in [0.1, 0.15) is 44.4 Å². The lowest BCUT2D eigenvalue weighted by molar-refractivity contribution is 0.324. The predicted molar refractivity (Wildman–Crippen MR) is 76.1 cm³/mol. The fourth-order valence-corrected chi connectivity index (χ4v) is 2.59. The summed E-state index contributed by atoms with van der Waals surface area (Å²) < 4.78 is 1.77. The van der Waals surface area contributed by atoms with Gasteiger partial charge in [-0.25, -0.2) is 0 Å². The summed E-state index contributed by atoms with van der Waals surface area (Å²) in [5, 5.41) is 8.75. The second-order valence-electron chi connectivity index (χ2n) is 6.30. The zero-order valence-corrected chi connectivity index (χ0v) is 12.6. The first kappa shape index (κ1) is 13.9. The normalized spacial score (nSPS) is 16.3. The fraction of sp³-hybridized carbons (Fsp3) is 0.786. The number of nitrogens with one attached hydrogen (secondary N) is 1. The molecule has 2 rings (SSSR count). The quantitative estimate of drug-likeness (QED) is 0.860. The fourth-order valence-electron chi connectivity index (χ4n) is 2.34. The summed E-state index contributed by atoms with van der Waals surface area (Å²) in [4.78, 5) is 0. The Morgan fingerprint density at radius 1 is 1.44 bits per heavy atom. The molecule has 1 aromatic heterocycles. The van der Waals surface area contributed by atoms with Gasteiger partial charge in [-0.2, -0.15) is 5.10 Å². The van der Waals surface area contributed by atoms with Gasteiger partial charge in [0.25, 0.3) is 0 Å². The maximum Gasteiger partial charge on any atom is 0.130 e. The summed E-state index contributed by atoms with van der Waals surface area (Å²) in [5.74, 6) is 0. The van der Waals surface area contributed by atoms with Crippen molar-refractivity contribution in [3.8, 4) is 0 Å². The Hall–Kier alpha value is -0.540. The molecule has 1 saturated carbocycles. The number of nitrogens with zero attached hydrogens (tertiary/aromatic N) is 2. The van der Waals surface area contributed by atoms with Crippen LogP contribution < -0.4 is 5.32 Å². The van der Waals surface area contributed by atoms with Crippen LogP contribution in [0, 0.1) is 12.3 Å².